The second kappa shape index (κ2) is 4.11. The number of H-pyrrole nitrogens is 1. The number of nitrogens with zero attached hydrogens (tertiary/aromatic N) is 2. The van der Waals surface area contributed by atoms with Gasteiger partial charge in [0.1, 0.15) is 11.9 Å². The van der Waals surface area contributed by atoms with E-state index in [-0.39, 0.29) is 5.56 Å². The lowest BCUT2D eigenvalue weighted by Gasteiger charge is -2.11. The zero-order valence-corrected chi connectivity index (χ0v) is 10.3. The smallest absolute Gasteiger partial charge is 0.141 e. The SMILES string of the molecule is CN1CCc2[nH]c3cc(C#N)c(F)cc3c2CC1. The van der Waals surface area contributed by atoms with Crippen LogP contribution in [0.4, 0.5) is 4.39 Å². The van der Waals surface area contributed by atoms with E-state index < -0.39 is 5.82 Å². The zero-order valence-electron chi connectivity index (χ0n) is 10.3. The van der Waals surface area contributed by atoms with Crippen molar-refractivity contribution in [3.63, 3.8) is 0 Å². The fraction of sp³-hybridized carbons (Fsp3) is 0.357. The fourth-order valence-electron chi connectivity index (χ4n) is 2.63. The summed E-state index contributed by atoms with van der Waals surface area (Å²) < 4.78 is 13.7. The summed E-state index contributed by atoms with van der Waals surface area (Å²) in [6.07, 6.45) is 1.88. The van der Waals surface area contributed by atoms with Crippen molar-refractivity contribution in [3.05, 3.63) is 34.8 Å². The monoisotopic (exact) mass is 243 g/mol. The van der Waals surface area contributed by atoms with Crippen LogP contribution < -0.4 is 0 Å². The van der Waals surface area contributed by atoms with Crippen molar-refractivity contribution in [2.45, 2.75) is 12.8 Å². The van der Waals surface area contributed by atoms with Crippen LogP contribution in [0.25, 0.3) is 10.9 Å². The first-order valence-electron chi connectivity index (χ1n) is 6.10. The van der Waals surface area contributed by atoms with E-state index in [9.17, 15) is 4.39 Å². The molecule has 0 bridgehead atoms. The fourth-order valence-corrected chi connectivity index (χ4v) is 2.63. The molecule has 0 radical (unpaired) electrons. The van der Waals surface area contributed by atoms with Gasteiger partial charge in [0.25, 0.3) is 0 Å². The van der Waals surface area contributed by atoms with E-state index in [1.165, 1.54) is 17.3 Å². The Morgan fingerprint density at radius 2 is 2.11 bits per heavy atom. The molecule has 1 N–H and O–H groups in total. The standard InChI is InChI=1S/C14H14FN3/c1-18-4-2-10-11-7-12(15)9(8-16)6-14(11)17-13(10)3-5-18/h6-7,17H,2-5H2,1H3. The van der Waals surface area contributed by atoms with Crippen LogP contribution in [0.2, 0.25) is 0 Å². The Labute approximate surface area is 105 Å². The number of benzene rings is 1. The Morgan fingerprint density at radius 1 is 1.33 bits per heavy atom. The van der Waals surface area contributed by atoms with E-state index in [1.807, 2.05) is 6.07 Å². The summed E-state index contributed by atoms with van der Waals surface area (Å²) in [6.45, 7) is 2.00. The number of aromatic nitrogens is 1. The molecule has 1 aromatic carbocycles. The third-order valence-electron chi connectivity index (χ3n) is 3.69. The third kappa shape index (κ3) is 1.68. The first kappa shape index (κ1) is 11.2. The number of hydrogen-bond acceptors (Lipinski definition) is 2. The molecule has 0 aliphatic carbocycles. The van der Waals surface area contributed by atoms with Crippen molar-refractivity contribution in [1.82, 2.24) is 9.88 Å². The van der Waals surface area contributed by atoms with Gasteiger partial charge in [0.15, 0.2) is 0 Å². The molecule has 92 valence electrons. The molecule has 3 nitrogen and oxygen atoms in total. The van der Waals surface area contributed by atoms with Gasteiger partial charge >= 0.3 is 0 Å². The number of hydrogen-bond donors (Lipinski definition) is 1. The molecule has 1 aromatic heterocycles. The largest absolute Gasteiger partial charge is 0.358 e. The van der Waals surface area contributed by atoms with E-state index in [4.69, 9.17) is 5.26 Å². The maximum Gasteiger partial charge on any atom is 0.141 e. The molecule has 0 amide bonds. The van der Waals surface area contributed by atoms with Crippen molar-refractivity contribution in [3.8, 4) is 6.07 Å². The summed E-state index contributed by atoms with van der Waals surface area (Å²) in [5.41, 5.74) is 3.38. The molecule has 18 heavy (non-hydrogen) atoms. The molecule has 4 heteroatoms. The first-order chi connectivity index (χ1) is 8.69. The van der Waals surface area contributed by atoms with Crippen molar-refractivity contribution in [2.75, 3.05) is 20.1 Å². The van der Waals surface area contributed by atoms with Gasteiger partial charge in [0.05, 0.1) is 5.56 Å². The molecule has 1 aliphatic rings. The van der Waals surface area contributed by atoms with Crippen molar-refractivity contribution >= 4 is 10.9 Å². The first-order valence-corrected chi connectivity index (χ1v) is 6.10. The zero-order chi connectivity index (χ0) is 12.7. The van der Waals surface area contributed by atoms with Gasteiger partial charge in [-0.3, -0.25) is 0 Å². The predicted octanol–water partition coefficient (Wildman–Crippen LogP) is 2.21. The highest BCUT2D eigenvalue weighted by Gasteiger charge is 2.17. The van der Waals surface area contributed by atoms with Crippen LogP contribution in [0.15, 0.2) is 12.1 Å². The molecule has 0 spiro atoms. The number of rotatable bonds is 0. The lowest BCUT2D eigenvalue weighted by molar-refractivity contribution is 0.352. The molecule has 3 rings (SSSR count). The minimum absolute atomic E-state index is 0.107. The van der Waals surface area contributed by atoms with Gasteiger partial charge in [-0.1, -0.05) is 0 Å². The molecular formula is C14H14FN3. The van der Waals surface area contributed by atoms with Gasteiger partial charge in [0.2, 0.25) is 0 Å². The van der Waals surface area contributed by atoms with Crippen LogP contribution >= 0.6 is 0 Å². The average molecular weight is 243 g/mol. The Balaban J connectivity index is 2.19. The summed E-state index contributed by atoms with van der Waals surface area (Å²) >= 11 is 0. The maximum atomic E-state index is 13.7. The van der Waals surface area contributed by atoms with Crippen molar-refractivity contribution < 1.29 is 4.39 Å². The van der Waals surface area contributed by atoms with Gasteiger partial charge in [-0.05, 0) is 31.2 Å². The summed E-state index contributed by atoms with van der Waals surface area (Å²) in [5, 5.41) is 9.78. The predicted molar refractivity (Wildman–Crippen MR) is 67.9 cm³/mol. The van der Waals surface area contributed by atoms with E-state index >= 15 is 0 Å². The summed E-state index contributed by atoms with van der Waals surface area (Å²) in [5.74, 6) is -0.426. The van der Waals surface area contributed by atoms with Crippen molar-refractivity contribution in [1.29, 1.82) is 5.26 Å². The van der Waals surface area contributed by atoms with Gasteiger partial charge in [0, 0.05) is 36.1 Å². The minimum atomic E-state index is -0.426. The normalized spacial score (nSPS) is 16.3. The van der Waals surface area contributed by atoms with Crippen LogP contribution in [-0.2, 0) is 12.8 Å². The van der Waals surface area contributed by atoms with Crippen LogP contribution in [0.5, 0.6) is 0 Å². The van der Waals surface area contributed by atoms with Crippen LogP contribution in [-0.4, -0.2) is 30.0 Å². The third-order valence-corrected chi connectivity index (χ3v) is 3.69. The highest BCUT2D eigenvalue weighted by atomic mass is 19.1. The van der Waals surface area contributed by atoms with E-state index in [2.05, 4.69) is 16.9 Å². The summed E-state index contributed by atoms with van der Waals surface area (Å²) in [6, 6.07) is 4.99. The van der Waals surface area contributed by atoms with E-state index in [0.717, 1.165) is 36.8 Å². The highest BCUT2D eigenvalue weighted by Crippen LogP contribution is 2.27. The highest BCUT2D eigenvalue weighted by molar-refractivity contribution is 5.86. The summed E-state index contributed by atoms with van der Waals surface area (Å²) in [4.78, 5) is 5.61. The number of aromatic amines is 1. The molecule has 2 aromatic rings. The molecule has 0 unspecified atom stereocenters. The molecule has 2 heterocycles. The van der Waals surface area contributed by atoms with Crippen LogP contribution in [0.3, 0.4) is 0 Å². The average Bonchev–Trinajstić information content (AvgIpc) is 2.58. The Bertz CT molecular complexity index is 651. The van der Waals surface area contributed by atoms with E-state index in [0.29, 0.717) is 0 Å². The van der Waals surface area contributed by atoms with Gasteiger partial charge < -0.3 is 9.88 Å². The number of nitriles is 1. The Kier molecular flexibility index (Phi) is 2.57. The maximum absolute atomic E-state index is 13.7. The van der Waals surface area contributed by atoms with Crippen molar-refractivity contribution in [2.24, 2.45) is 0 Å². The van der Waals surface area contributed by atoms with Crippen LogP contribution in [0.1, 0.15) is 16.8 Å². The number of likely N-dealkylation sites (N-methyl/N-ethyl adjacent to an activating group) is 1. The Hall–Kier alpha value is -1.86. The quantitative estimate of drug-likeness (QED) is 0.771. The number of halogens is 1. The number of fused-ring (bicyclic) bond motifs is 3. The second-order valence-electron chi connectivity index (χ2n) is 4.87. The van der Waals surface area contributed by atoms with Gasteiger partial charge in [-0.15, -0.1) is 0 Å². The molecule has 0 saturated carbocycles. The molecule has 1 aliphatic heterocycles. The van der Waals surface area contributed by atoms with Crippen LogP contribution in [0, 0.1) is 17.1 Å². The van der Waals surface area contributed by atoms with Gasteiger partial charge in [-0.2, -0.15) is 5.26 Å². The lowest BCUT2D eigenvalue weighted by Crippen LogP contribution is -2.21. The molecular weight excluding hydrogens is 229 g/mol. The molecule has 0 fully saturated rings. The minimum Gasteiger partial charge on any atom is -0.358 e. The molecule has 0 saturated heterocycles. The number of nitrogens with one attached hydrogen (secondary N) is 1. The summed E-state index contributed by atoms with van der Waals surface area (Å²) in [7, 11) is 2.10. The van der Waals surface area contributed by atoms with Gasteiger partial charge in [-0.25, -0.2) is 4.39 Å². The Morgan fingerprint density at radius 3 is 2.89 bits per heavy atom. The molecule has 0 atom stereocenters. The second-order valence-corrected chi connectivity index (χ2v) is 4.87. The van der Waals surface area contributed by atoms with E-state index in [1.54, 1.807) is 6.07 Å². The lowest BCUT2D eigenvalue weighted by atomic mass is 10.1. The topological polar surface area (TPSA) is 42.8 Å².